The van der Waals surface area contributed by atoms with Crippen LogP contribution >= 0.6 is 27.5 Å². The number of rotatable bonds is 3. The van der Waals surface area contributed by atoms with Crippen molar-refractivity contribution in [2.24, 2.45) is 0 Å². The molecule has 0 spiro atoms. The number of halogens is 4. The van der Waals surface area contributed by atoms with Crippen LogP contribution in [0.2, 0.25) is 5.02 Å². The molecule has 100 valence electrons. The van der Waals surface area contributed by atoms with Gasteiger partial charge < -0.3 is 4.74 Å². The summed E-state index contributed by atoms with van der Waals surface area (Å²) in [6.45, 7) is 1.66. The number of aryl methyl sites for hydroxylation is 1. The maximum absolute atomic E-state index is 13.7. The summed E-state index contributed by atoms with van der Waals surface area (Å²) in [6, 6.07) is 7.73. The Morgan fingerprint density at radius 3 is 2.68 bits per heavy atom. The molecule has 1 nitrogen and oxygen atoms in total. The lowest BCUT2D eigenvalue weighted by molar-refractivity contribution is 0.292. The highest BCUT2D eigenvalue weighted by molar-refractivity contribution is 9.10. The Morgan fingerprint density at radius 2 is 1.95 bits per heavy atom. The van der Waals surface area contributed by atoms with Crippen molar-refractivity contribution in [1.82, 2.24) is 0 Å². The van der Waals surface area contributed by atoms with Crippen molar-refractivity contribution < 1.29 is 13.5 Å². The van der Waals surface area contributed by atoms with Crippen molar-refractivity contribution in [2.45, 2.75) is 13.5 Å². The lowest BCUT2D eigenvalue weighted by atomic mass is 10.2. The van der Waals surface area contributed by atoms with Gasteiger partial charge in [0.1, 0.15) is 24.0 Å². The van der Waals surface area contributed by atoms with E-state index < -0.39 is 11.6 Å². The Bertz CT molecular complexity index is 617. The van der Waals surface area contributed by atoms with E-state index in [2.05, 4.69) is 15.9 Å². The molecule has 2 aromatic rings. The second-order valence-electron chi connectivity index (χ2n) is 4.04. The normalized spacial score (nSPS) is 10.6. The first-order valence-corrected chi connectivity index (χ1v) is 6.67. The highest BCUT2D eigenvalue weighted by Crippen LogP contribution is 2.28. The van der Waals surface area contributed by atoms with Crippen molar-refractivity contribution in [3.63, 3.8) is 0 Å². The van der Waals surface area contributed by atoms with Gasteiger partial charge in [0.25, 0.3) is 0 Å². The van der Waals surface area contributed by atoms with Crippen LogP contribution in [0.25, 0.3) is 0 Å². The second kappa shape index (κ2) is 5.88. The summed E-state index contributed by atoms with van der Waals surface area (Å²) in [5.74, 6) is -0.909. The molecule has 0 aromatic heterocycles. The highest BCUT2D eigenvalue weighted by atomic mass is 79.9. The number of hydrogen-bond acceptors (Lipinski definition) is 1. The fourth-order valence-corrected chi connectivity index (χ4v) is 2.12. The molecule has 0 atom stereocenters. The minimum absolute atomic E-state index is 0.132. The maximum Gasteiger partial charge on any atom is 0.146 e. The van der Waals surface area contributed by atoms with Gasteiger partial charge in [0, 0.05) is 0 Å². The van der Waals surface area contributed by atoms with Gasteiger partial charge in [0.2, 0.25) is 0 Å². The van der Waals surface area contributed by atoms with Gasteiger partial charge in [-0.3, -0.25) is 0 Å². The van der Waals surface area contributed by atoms with Crippen LogP contribution in [0.4, 0.5) is 8.78 Å². The first-order chi connectivity index (χ1) is 8.99. The van der Waals surface area contributed by atoms with Gasteiger partial charge in [-0.1, -0.05) is 17.7 Å². The number of hydrogen-bond donors (Lipinski definition) is 0. The second-order valence-corrected chi connectivity index (χ2v) is 5.31. The molecular formula is C14H10BrClF2O. The van der Waals surface area contributed by atoms with Gasteiger partial charge in [0.15, 0.2) is 0 Å². The molecule has 0 saturated heterocycles. The van der Waals surface area contributed by atoms with E-state index in [0.717, 1.165) is 5.56 Å². The van der Waals surface area contributed by atoms with E-state index >= 15 is 0 Å². The molecule has 2 rings (SSSR count). The first kappa shape index (κ1) is 14.3. The van der Waals surface area contributed by atoms with Crippen molar-refractivity contribution in [2.75, 3.05) is 0 Å². The van der Waals surface area contributed by atoms with Crippen molar-refractivity contribution in [3.8, 4) is 5.75 Å². The monoisotopic (exact) mass is 346 g/mol. The van der Waals surface area contributed by atoms with E-state index in [0.29, 0.717) is 10.8 Å². The maximum atomic E-state index is 13.7. The average molecular weight is 348 g/mol. The average Bonchev–Trinajstić information content (AvgIpc) is 2.38. The molecular weight excluding hydrogens is 338 g/mol. The minimum Gasteiger partial charge on any atom is -0.487 e. The highest BCUT2D eigenvalue weighted by Gasteiger charge is 2.13. The van der Waals surface area contributed by atoms with Crippen LogP contribution < -0.4 is 4.74 Å². The Hall–Kier alpha value is -1.13. The molecule has 0 amide bonds. The summed E-state index contributed by atoms with van der Waals surface area (Å²) in [7, 11) is 0. The van der Waals surface area contributed by atoms with E-state index in [1.807, 2.05) is 13.0 Å². The fraction of sp³-hybridized carbons (Fsp3) is 0.143. The van der Waals surface area contributed by atoms with Crippen molar-refractivity contribution in [1.29, 1.82) is 0 Å². The van der Waals surface area contributed by atoms with Crippen LogP contribution in [0.15, 0.2) is 34.8 Å². The minimum atomic E-state index is -0.663. The standard InChI is InChI=1S/C14H10BrClF2O/c1-8-2-4-11(16)13(6-8)19-7-9-12(17)5-3-10(15)14(9)18/h2-6H,7H2,1H3. The summed E-state index contributed by atoms with van der Waals surface area (Å²) in [4.78, 5) is 0. The van der Waals surface area contributed by atoms with Gasteiger partial charge in [-0.25, -0.2) is 8.78 Å². The summed E-state index contributed by atoms with van der Waals surface area (Å²) >= 11 is 8.96. The Kier molecular flexibility index (Phi) is 4.42. The van der Waals surface area contributed by atoms with Crippen molar-refractivity contribution >= 4 is 27.5 Å². The summed E-state index contributed by atoms with van der Waals surface area (Å²) in [6.07, 6.45) is 0. The zero-order chi connectivity index (χ0) is 14.0. The molecule has 5 heteroatoms. The van der Waals surface area contributed by atoms with Gasteiger partial charge >= 0.3 is 0 Å². The van der Waals surface area contributed by atoms with Crippen LogP contribution in [-0.4, -0.2) is 0 Å². The molecule has 19 heavy (non-hydrogen) atoms. The lowest BCUT2D eigenvalue weighted by Gasteiger charge is -2.11. The SMILES string of the molecule is Cc1ccc(Cl)c(OCc2c(F)ccc(Br)c2F)c1. The molecule has 0 N–H and O–H groups in total. The molecule has 0 unspecified atom stereocenters. The number of ether oxygens (including phenoxy) is 1. The van der Waals surface area contributed by atoms with Gasteiger partial charge in [-0.2, -0.15) is 0 Å². The fourth-order valence-electron chi connectivity index (χ4n) is 1.57. The third kappa shape index (κ3) is 3.25. The smallest absolute Gasteiger partial charge is 0.146 e. The molecule has 2 aromatic carbocycles. The molecule has 0 aliphatic carbocycles. The molecule has 0 saturated carbocycles. The topological polar surface area (TPSA) is 9.23 Å². The zero-order valence-corrected chi connectivity index (χ0v) is 12.4. The predicted molar refractivity (Wildman–Crippen MR) is 74.6 cm³/mol. The van der Waals surface area contributed by atoms with Crippen molar-refractivity contribution in [3.05, 3.63) is 62.6 Å². The molecule has 0 radical (unpaired) electrons. The third-order valence-corrected chi connectivity index (χ3v) is 3.52. The first-order valence-electron chi connectivity index (χ1n) is 5.50. The van der Waals surface area contributed by atoms with Gasteiger partial charge in [0.05, 0.1) is 15.1 Å². The molecule has 0 fully saturated rings. The summed E-state index contributed by atoms with van der Waals surface area (Å²) in [5.41, 5.74) is 0.821. The van der Waals surface area contributed by atoms with Gasteiger partial charge in [-0.05, 0) is 52.7 Å². The summed E-state index contributed by atoms with van der Waals surface area (Å²) < 4.78 is 32.9. The largest absolute Gasteiger partial charge is 0.487 e. The van der Waals surface area contributed by atoms with E-state index in [1.54, 1.807) is 12.1 Å². The Labute approximate surface area is 123 Å². The van der Waals surface area contributed by atoms with Crippen LogP contribution in [0.3, 0.4) is 0 Å². The third-order valence-electron chi connectivity index (χ3n) is 2.60. The lowest BCUT2D eigenvalue weighted by Crippen LogP contribution is -2.03. The number of benzene rings is 2. The van der Waals surface area contributed by atoms with Crippen LogP contribution in [0.5, 0.6) is 5.75 Å². The Morgan fingerprint density at radius 1 is 1.21 bits per heavy atom. The quantitative estimate of drug-likeness (QED) is 0.687. The molecule has 0 bridgehead atoms. The van der Waals surface area contributed by atoms with E-state index in [1.165, 1.54) is 12.1 Å². The summed E-state index contributed by atoms with van der Waals surface area (Å²) in [5, 5.41) is 0.404. The van der Waals surface area contributed by atoms with E-state index in [9.17, 15) is 8.78 Å². The zero-order valence-electron chi connectivity index (χ0n) is 10.0. The predicted octanol–water partition coefficient (Wildman–Crippen LogP) is 5.27. The molecule has 0 heterocycles. The van der Waals surface area contributed by atoms with Crippen LogP contribution in [-0.2, 0) is 6.61 Å². The molecule has 0 aliphatic rings. The van der Waals surface area contributed by atoms with Crippen LogP contribution in [0, 0.1) is 18.6 Å². The van der Waals surface area contributed by atoms with Crippen LogP contribution in [0.1, 0.15) is 11.1 Å². The van der Waals surface area contributed by atoms with E-state index in [4.69, 9.17) is 16.3 Å². The Balaban J connectivity index is 2.24. The molecule has 0 aliphatic heterocycles. The van der Waals surface area contributed by atoms with E-state index in [-0.39, 0.29) is 16.6 Å². The van der Waals surface area contributed by atoms with Gasteiger partial charge in [-0.15, -0.1) is 0 Å².